The number of esters is 1. The lowest BCUT2D eigenvalue weighted by Gasteiger charge is -2.25. The number of carbonyl (C=O) groups excluding carboxylic acids is 1. The van der Waals surface area contributed by atoms with Crippen molar-refractivity contribution in [1.29, 1.82) is 0 Å². The quantitative estimate of drug-likeness (QED) is 0.451. The van der Waals surface area contributed by atoms with Crippen molar-refractivity contribution in [3.05, 3.63) is 99.6 Å². The van der Waals surface area contributed by atoms with Crippen molar-refractivity contribution in [2.24, 2.45) is 0 Å². The summed E-state index contributed by atoms with van der Waals surface area (Å²) in [5.41, 5.74) is 1.83. The third-order valence-corrected chi connectivity index (χ3v) is 5.78. The van der Waals surface area contributed by atoms with E-state index in [4.69, 9.17) is 14.2 Å². The molecule has 0 radical (unpaired) electrons. The van der Waals surface area contributed by atoms with Gasteiger partial charge in [-0.05, 0) is 35.9 Å². The Morgan fingerprint density at radius 3 is 2.64 bits per heavy atom. The average Bonchev–Trinajstić information content (AvgIpc) is 2.83. The largest absolute Gasteiger partial charge is 0.493 e. The summed E-state index contributed by atoms with van der Waals surface area (Å²) in [7, 11) is 1.50. The van der Waals surface area contributed by atoms with Gasteiger partial charge in [0.2, 0.25) is 0 Å². The topological polar surface area (TPSA) is 77.6 Å². The highest BCUT2D eigenvalue weighted by Crippen LogP contribution is 2.42. The van der Waals surface area contributed by atoms with Gasteiger partial charge in [-0.2, -0.15) is 0 Å². The molecule has 1 atom stereocenters. The van der Waals surface area contributed by atoms with Gasteiger partial charge in [0.15, 0.2) is 11.5 Å². The SMILES string of the molecule is COc1cc([C@@H]2CC(=O)Oc3c2c(=O)[nH]c2ccccc32)ccc1OCc1ccccc1F. The Morgan fingerprint density at radius 1 is 1.03 bits per heavy atom. The van der Waals surface area contributed by atoms with Gasteiger partial charge in [0.1, 0.15) is 18.2 Å². The number of halogens is 1. The van der Waals surface area contributed by atoms with Crippen LogP contribution in [0.25, 0.3) is 10.9 Å². The molecule has 3 aromatic carbocycles. The Balaban J connectivity index is 1.53. The maximum Gasteiger partial charge on any atom is 0.312 e. The second kappa shape index (κ2) is 8.43. The Bertz CT molecular complexity index is 1430. The molecule has 0 aliphatic carbocycles. The zero-order valence-corrected chi connectivity index (χ0v) is 17.8. The molecule has 0 fully saturated rings. The molecule has 2 heterocycles. The molecule has 7 heteroatoms. The van der Waals surface area contributed by atoms with Crippen molar-refractivity contribution in [2.45, 2.75) is 18.9 Å². The molecule has 1 aliphatic rings. The monoisotopic (exact) mass is 445 g/mol. The summed E-state index contributed by atoms with van der Waals surface area (Å²) < 4.78 is 30.7. The smallest absolute Gasteiger partial charge is 0.312 e. The van der Waals surface area contributed by atoms with Gasteiger partial charge in [0, 0.05) is 16.9 Å². The normalized spacial score (nSPS) is 15.1. The zero-order chi connectivity index (χ0) is 22.9. The van der Waals surface area contributed by atoms with Crippen LogP contribution in [0.2, 0.25) is 0 Å². The van der Waals surface area contributed by atoms with Crippen molar-refractivity contribution in [3.8, 4) is 17.2 Å². The summed E-state index contributed by atoms with van der Waals surface area (Å²) >= 11 is 0. The second-order valence-electron chi connectivity index (χ2n) is 7.76. The highest BCUT2D eigenvalue weighted by molar-refractivity contribution is 5.91. The number of hydrogen-bond donors (Lipinski definition) is 1. The van der Waals surface area contributed by atoms with E-state index in [9.17, 15) is 14.0 Å². The molecule has 6 nitrogen and oxygen atoms in total. The van der Waals surface area contributed by atoms with Crippen LogP contribution in [0.5, 0.6) is 17.2 Å². The molecule has 0 amide bonds. The Hall–Kier alpha value is -4.13. The third-order valence-electron chi connectivity index (χ3n) is 5.78. The summed E-state index contributed by atoms with van der Waals surface area (Å²) in [4.78, 5) is 28.3. The van der Waals surface area contributed by atoms with Gasteiger partial charge in [-0.25, -0.2) is 4.39 Å². The molecular weight excluding hydrogens is 425 g/mol. The summed E-state index contributed by atoms with van der Waals surface area (Å²) in [5, 5.41) is 0.668. The lowest BCUT2D eigenvalue weighted by molar-refractivity contribution is -0.135. The first kappa shape index (κ1) is 20.8. The van der Waals surface area contributed by atoms with E-state index in [1.807, 2.05) is 6.07 Å². The van der Waals surface area contributed by atoms with E-state index in [1.165, 1.54) is 13.2 Å². The van der Waals surface area contributed by atoms with Gasteiger partial charge < -0.3 is 19.2 Å². The number of nitrogens with one attached hydrogen (secondary N) is 1. The molecule has 0 saturated carbocycles. The fourth-order valence-electron chi connectivity index (χ4n) is 4.15. The van der Waals surface area contributed by atoms with Crippen molar-refractivity contribution in [3.63, 3.8) is 0 Å². The molecule has 5 rings (SSSR count). The molecule has 0 spiro atoms. The van der Waals surface area contributed by atoms with Gasteiger partial charge >= 0.3 is 5.97 Å². The van der Waals surface area contributed by atoms with Crippen LogP contribution in [0, 0.1) is 5.82 Å². The number of aromatic nitrogens is 1. The van der Waals surface area contributed by atoms with E-state index in [0.29, 0.717) is 39.1 Å². The maximum atomic E-state index is 13.9. The Morgan fingerprint density at radius 2 is 1.82 bits per heavy atom. The first-order valence-electron chi connectivity index (χ1n) is 10.4. The molecule has 0 saturated heterocycles. The summed E-state index contributed by atoms with van der Waals surface area (Å²) in [6.45, 7) is 0.0344. The number of pyridine rings is 1. The number of para-hydroxylation sites is 1. The maximum absolute atomic E-state index is 13.9. The zero-order valence-electron chi connectivity index (χ0n) is 17.8. The predicted octanol–water partition coefficient (Wildman–Crippen LogP) is 4.70. The predicted molar refractivity (Wildman–Crippen MR) is 120 cm³/mol. The molecule has 4 aromatic rings. The number of methoxy groups -OCH3 is 1. The van der Waals surface area contributed by atoms with Crippen molar-refractivity contribution in [1.82, 2.24) is 4.98 Å². The lowest BCUT2D eigenvalue weighted by atomic mass is 9.86. The van der Waals surface area contributed by atoms with Crippen molar-refractivity contribution >= 4 is 16.9 Å². The van der Waals surface area contributed by atoms with Crippen molar-refractivity contribution < 1.29 is 23.4 Å². The fraction of sp³-hybridized carbons (Fsp3) is 0.154. The molecule has 1 aromatic heterocycles. The van der Waals surface area contributed by atoms with Crippen LogP contribution in [-0.4, -0.2) is 18.1 Å². The number of rotatable bonds is 5. The summed E-state index contributed by atoms with van der Waals surface area (Å²) in [5.74, 6) is -0.144. The number of hydrogen-bond acceptors (Lipinski definition) is 5. The van der Waals surface area contributed by atoms with Gasteiger partial charge in [-0.1, -0.05) is 36.4 Å². The molecule has 0 bridgehead atoms. The van der Waals surface area contributed by atoms with Crippen molar-refractivity contribution in [2.75, 3.05) is 7.11 Å². The fourth-order valence-corrected chi connectivity index (χ4v) is 4.15. The minimum atomic E-state index is -0.510. The van der Waals surface area contributed by atoms with Crippen LogP contribution >= 0.6 is 0 Å². The van der Waals surface area contributed by atoms with Gasteiger partial charge in [0.25, 0.3) is 5.56 Å². The van der Waals surface area contributed by atoms with Gasteiger partial charge in [0.05, 0.1) is 24.6 Å². The number of ether oxygens (including phenoxy) is 3. The standard InChI is InChI=1S/C26H20FNO5/c1-31-22-12-15(10-11-21(22)32-14-16-6-2-4-8-19(16)27)18-13-23(29)33-25-17-7-3-5-9-20(17)28-26(30)24(18)25/h2-12,18H,13-14H2,1H3,(H,28,30)/t18-/m0/s1. The molecule has 1 N–H and O–H groups in total. The van der Waals surface area contributed by atoms with E-state index in [-0.39, 0.29) is 30.2 Å². The minimum Gasteiger partial charge on any atom is -0.493 e. The third kappa shape index (κ3) is 3.82. The minimum absolute atomic E-state index is 0.0208. The molecule has 33 heavy (non-hydrogen) atoms. The lowest BCUT2D eigenvalue weighted by Crippen LogP contribution is -2.28. The first-order valence-corrected chi connectivity index (χ1v) is 10.4. The molecule has 0 unspecified atom stereocenters. The van der Waals surface area contributed by atoms with E-state index < -0.39 is 11.9 Å². The highest BCUT2D eigenvalue weighted by Gasteiger charge is 2.33. The van der Waals surface area contributed by atoms with Gasteiger partial charge in [-0.15, -0.1) is 0 Å². The average molecular weight is 445 g/mol. The number of benzene rings is 3. The van der Waals surface area contributed by atoms with E-state index in [0.717, 1.165) is 0 Å². The molecule has 1 aliphatic heterocycles. The summed E-state index contributed by atoms with van der Waals surface area (Å²) in [6.07, 6.45) is 0.0208. The van der Waals surface area contributed by atoms with Crippen LogP contribution in [0.4, 0.5) is 4.39 Å². The number of carbonyl (C=O) groups is 1. The van der Waals surface area contributed by atoms with Gasteiger partial charge in [-0.3, -0.25) is 9.59 Å². The number of H-pyrrole nitrogens is 1. The van der Waals surface area contributed by atoms with E-state index in [2.05, 4.69) is 4.98 Å². The first-order chi connectivity index (χ1) is 16.0. The van der Waals surface area contributed by atoms with Crippen LogP contribution in [-0.2, 0) is 11.4 Å². The van der Waals surface area contributed by atoms with E-state index >= 15 is 0 Å². The molecule has 166 valence electrons. The number of aromatic amines is 1. The van der Waals surface area contributed by atoms with Crippen LogP contribution in [0.1, 0.15) is 29.0 Å². The highest BCUT2D eigenvalue weighted by atomic mass is 19.1. The van der Waals surface area contributed by atoms with Crippen LogP contribution < -0.4 is 19.8 Å². The van der Waals surface area contributed by atoms with Crippen LogP contribution in [0.3, 0.4) is 0 Å². The van der Waals surface area contributed by atoms with E-state index in [1.54, 1.807) is 54.6 Å². The number of fused-ring (bicyclic) bond motifs is 3. The molecular formula is C26H20FNO5. The van der Waals surface area contributed by atoms with Crippen LogP contribution in [0.15, 0.2) is 71.5 Å². The Labute approximate surface area is 188 Å². The Kier molecular flexibility index (Phi) is 5.30. The summed E-state index contributed by atoms with van der Waals surface area (Å²) in [6, 6.07) is 18.8. The second-order valence-corrected chi connectivity index (χ2v) is 7.76.